The van der Waals surface area contributed by atoms with E-state index in [1.165, 1.54) is 13.8 Å². The third-order valence-electron chi connectivity index (χ3n) is 3.25. The molecule has 5 heteroatoms. The molecule has 0 aromatic heterocycles. The zero-order chi connectivity index (χ0) is 16.3. The first-order valence-electron chi connectivity index (χ1n) is 6.75. The number of aliphatic carboxylic acids is 1. The molecule has 1 atom stereocenters. The third kappa shape index (κ3) is 3.87. The molecule has 0 spiro atoms. The van der Waals surface area contributed by atoms with E-state index in [0.29, 0.717) is 11.3 Å². The minimum Gasteiger partial charge on any atom is -0.478 e. The zero-order valence-corrected chi connectivity index (χ0v) is 13.9. The van der Waals surface area contributed by atoms with E-state index in [9.17, 15) is 9.90 Å². The molecule has 0 aliphatic rings. The molecule has 0 saturated carbocycles. The topological polar surface area (TPSA) is 66.8 Å². The highest BCUT2D eigenvalue weighted by Crippen LogP contribution is 2.27. The molecule has 2 rings (SSSR count). The summed E-state index contributed by atoms with van der Waals surface area (Å²) < 4.78 is 6.42. The van der Waals surface area contributed by atoms with Crippen molar-refractivity contribution in [3.63, 3.8) is 0 Å². The predicted octanol–water partition coefficient (Wildman–Crippen LogP) is 3.77. The highest BCUT2D eigenvalue weighted by Gasteiger charge is 2.29. The van der Waals surface area contributed by atoms with Crippen LogP contribution in [-0.2, 0) is 4.79 Å². The number of halogens is 1. The third-order valence-corrected chi connectivity index (χ3v) is 3.78. The van der Waals surface area contributed by atoms with Gasteiger partial charge in [0.15, 0.2) is 5.60 Å². The van der Waals surface area contributed by atoms with Crippen molar-refractivity contribution in [1.82, 2.24) is 0 Å². The van der Waals surface area contributed by atoms with Crippen molar-refractivity contribution >= 4 is 21.9 Å². The molecular formula is C17H17BrO4. The average molecular weight is 365 g/mol. The summed E-state index contributed by atoms with van der Waals surface area (Å²) >= 11 is 3.35. The molecule has 0 fully saturated rings. The van der Waals surface area contributed by atoms with Crippen molar-refractivity contribution in [2.75, 3.05) is 0 Å². The Morgan fingerprint density at radius 2 is 1.77 bits per heavy atom. The summed E-state index contributed by atoms with van der Waals surface area (Å²) in [7, 11) is 0. The maximum absolute atomic E-state index is 11.1. The minimum atomic E-state index is -1.33. The van der Waals surface area contributed by atoms with E-state index in [0.717, 1.165) is 10.0 Å². The van der Waals surface area contributed by atoms with Crippen LogP contribution in [0.4, 0.5) is 0 Å². The molecule has 116 valence electrons. The van der Waals surface area contributed by atoms with E-state index < -0.39 is 17.7 Å². The van der Waals surface area contributed by atoms with Gasteiger partial charge < -0.3 is 14.9 Å². The van der Waals surface area contributed by atoms with Crippen LogP contribution in [0, 0.1) is 0 Å². The van der Waals surface area contributed by atoms with E-state index in [2.05, 4.69) is 15.9 Å². The molecule has 1 unspecified atom stereocenters. The van der Waals surface area contributed by atoms with Crippen LogP contribution >= 0.6 is 15.9 Å². The largest absolute Gasteiger partial charge is 0.478 e. The van der Waals surface area contributed by atoms with Crippen LogP contribution < -0.4 is 4.74 Å². The first-order valence-corrected chi connectivity index (χ1v) is 7.55. The van der Waals surface area contributed by atoms with Gasteiger partial charge in [-0.25, -0.2) is 4.79 Å². The lowest BCUT2D eigenvalue weighted by atomic mass is 10.0. The van der Waals surface area contributed by atoms with Gasteiger partial charge in [0.1, 0.15) is 11.9 Å². The molecule has 0 amide bonds. The van der Waals surface area contributed by atoms with Crippen molar-refractivity contribution in [1.29, 1.82) is 0 Å². The fourth-order valence-electron chi connectivity index (χ4n) is 1.92. The summed E-state index contributed by atoms with van der Waals surface area (Å²) in [6.07, 6.45) is -0.801. The molecule has 0 bridgehead atoms. The van der Waals surface area contributed by atoms with Gasteiger partial charge in [-0.2, -0.15) is 0 Å². The summed E-state index contributed by atoms with van der Waals surface area (Å²) in [4.78, 5) is 11.1. The van der Waals surface area contributed by atoms with Gasteiger partial charge in [0.05, 0.1) is 0 Å². The van der Waals surface area contributed by atoms with Gasteiger partial charge in [-0.1, -0.05) is 40.2 Å². The number of hydrogen-bond donors (Lipinski definition) is 2. The van der Waals surface area contributed by atoms with Crippen LogP contribution in [0.1, 0.15) is 31.1 Å². The second-order valence-electron chi connectivity index (χ2n) is 5.44. The second kappa shape index (κ2) is 6.50. The molecule has 2 N–H and O–H groups in total. The van der Waals surface area contributed by atoms with E-state index >= 15 is 0 Å². The minimum absolute atomic E-state index is 0.404. The Morgan fingerprint density at radius 1 is 1.14 bits per heavy atom. The molecule has 0 aliphatic carbocycles. The molecular weight excluding hydrogens is 348 g/mol. The fourth-order valence-corrected chi connectivity index (χ4v) is 2.19. The lowest BCUT2D eigenvalue weighted by Gasteiger charge is -2.22. The summed E-state index contributed by atoms with van der Waals surface area (Å²) in [5, 5.41) is 19.5. The van der Waals surface area contributed by atoms with E-state index in [1.54, 1.807) is 24.3 Å². The quantitative estimate of drug-likeness (QED) is 0.847. The van der Waals surface area contributed by atoms with E-state index in [-0.39, 0.29) is 0 Å². The van der Waals surface area contributed by atoms with Crippen LogP contribution in [0.5, 0.6) is 5.75 Å². The zero-order valence-electron chi connectivity index (χ0n) is 12.3. The Morgan fingerprint density at radius 3 is 2.36 bits per heavy atom. The van der Waals surface area contributed by atoms with Gasteiger partial charge in [-0.3, -0.25) is 0 Å². The van der Waals surface area contributed by atoms with Crippen molar-refractivity contribution in [2.45, 2.75) is 25.6 Å². The van der Waals surface area contributed by atoms with Crippen LogP contribution in [0.25, 0.3) is 0 Å². The van der Waals surface area contributed by atoms with Crippen LogP contribution in [0.15, 0.2) is 53.0 Å². The van der Waals surface area contributed by atoms with Crippen molar-refractivity contribution in [3.05, 3.63) is 64.1 Å². The maximum Gasteiger partial charge on any atom is 0.347 e. The van der Waals surface area contributed by atoms with Crippen LogP contribution in [-0.4, -0.2) is 21.8 Å². The number of aliphatic hydroxyl groups is 1. The number of carboxylic acid groups (broad SMARTS) is 1. The first-order chi connectivity index (χ1) is 10.3. The van der Waals surface area contributed by atoms with Gasteiger partial charge >= 0.3 is 5.97 Å². The number of ether oxygens (including phenoxy) is 1. The Kier molecular flexibility index (Phi) is 4.88. The van der Waals surface area contributed by atoms with Crippen molar-refractivity contribution < 1.29 is 19.7 Å². The molecule has 2 aromatic rings. The number of carbonyl (C=O) groups is 1. The van der Waals surface area contributed by atoms with Crippen molar-refractivity contribution in [2.24, 2.45) is 0 Å². The average Bonchev–Trinajstić information content (AvgIpc) is 2.47. The standard InChI is InChI=1S/C17H17BrO4/c1-17(2,16(20)21)22-14-5-3-4-12(10-14)15(19)11-6-8-13(18)9-7-11/h3-10,15,19H,1-2H3,(H,20,21). The number of hydrogen-bond acceptors (Lipinski definition) is 3. The van der Waals surface area contributed by atoms with Gasteiger partial charge in [0.2, 0.25) is 0 Å². The van der Waals surface area contributed by atoms with Gasteiger partial charge in [0, 0.05) is 4.47 Å². The van der Waals surface area contributed by atoms with Crippen LogP contribution in [0.2, 0.25) is 0 Å². The summed E-state index contributed by atoms with van der Waals surface area (Å²) in [5.74, 6) is -0.646. The number of benzene rings is 2. The smallest absolute Gasteiger partial charge is 0.347 e. The number of aliphatic hydroxyl groups excluding tert-OH is 1. The summed E-state index contributed by atoms with van der Waals surface area (Å²) in [6.45, 7) is 2.96. The lowest BCUT2D eigenvalue weighted by molar-refractivity contribution is -0.152. The SMILES string of the molecule is CC(C)(Oc1cccc(C(O)c2ccc(Br)cc2)c1)C(=O)O. The molecule has 0 radical (unpaired) electrons. The van der Waals surface area contributed by atoms with Crippen LogP contribution in [0.3, 0.4) is 0 Å². The molecule has 2 aromatic carbocycles. The fraction of sp³-hybridized carbons (Fsp3) is 0.235. The van der Waals surface area contributed by atoms with E-state index in [4.69, 9.17) is 9.84 Å². The number of rotatable bonds is 5. The van der Waals surface area contributed by atoms with Gasteiger partial charge in [-0.05, 0) is 49.2 Å². The predicted molar refractivity (Wildman–Crippen MR) is 87.0 cm³/mol. The van der Waals surface area contributed by atoms with Crippen molar-refractivity contribution in [3.8, 4) is 5.75 Å². The number of carboxylic acids is 1. The highest BCUT2D eigenvalue weighted by atomic mass is 79.9. The highest BCUT2D eigenvalue weighted by molar-refractivity contribution is 9.10. The molecule has 0 saturated heterocycles. The molecule has 0 heterocycles. The first kappa shape index (κ1) is 16.5. The monoisotopic (exact) mass is 364 g/mol. The molecule has 22 heavy (non-hydrogen) atoms. The Hall–Kier alpha value is -1.85. The second-order valence-corrected chi connectivity index (χ2v) is 6.36. The Labute approximate surface area is 137 Å². The van der Waals surface area contributed by atoms with Gasteiger partial charge in [-0.15, -0.1) is 0 Å². The summed E-state index contributed by atoms with van der Waals surface area (Å²) in [5.41, 5.74) is 0.0557. The molecule has 0 aliphatic heterocycles. The maximum atomic E-state index is 11.1. The summed E-state index contributed by atoms with van der Waals surface area (Å²) in [6, 6.07) is 14.2. The lowest BCUT2D eigenvalue weighted by Crippen LogP contribution is -2.37. The molecule has 4 nitrogen and oxygen atoms in total. The Balaban J connectivity index is 2.24. The Bertz CT molecular complexity index is 665. The van der Waals surface area contributed by atoms with Gasteiger partial charge in [0.25, 0.3) is 0 Å². The normalized spacial score (nSPS) is 12.7. The van der Waals surface area contributed by atoms with E-state index in [1.807, 2.05) is 24.3 Å².